The number of nitrogens with zero attached hydrogens (tertiary/aromatic N) is 2. The summed E-state index contributed by atoms with van der Waals surface area (Å²) >= 11 is 0. The first-order chi connectivity index (χ1) is 14.1. The molecule has 5 heteroatoms. The van der Waals surface area contributed by atoms with Gasteiger partial charge in [0.1, 0.15) is 5.75 Å². The number of ether oxygens (including phenoxy) is 1. The van der Waals surface area contributed by atoms with Crippen LogP contribution in [0.1, 0.15) is 35.3 Å². The number of anilines is 1. The highest BCUT2D eigenvalue weighted by Gasteiger charge is 2.55. The van der Waals surface area contributed by atoms with Gasteiger partial charge in [-0.25, -0.2) is 4.79 Å². The quantitative estimate of drug-likeness (QED) is 0.624. The second-order valence-electron chi connectivity index (χ2n) is 7.53. The number of carbonyl (C=O) groups excluding carboxylic acids is 2. The summed E-state index contributed by atoms with van der Waals surface area (Å²) in [4.78, 5) is 30.1. The highest BCUT2D eigenvalue weighted by molar-refractivity contribution is 6.10. The molecule has 3 aromatic carbocycles. The van der Waals surface area contributed by atoms with Crippen molar-refractivity contribution in [2.24, 2.45) is 0 Å². The van der Waals surface area contributed by atoms with Crippen molar-refractivity contribution in [3.63, 3.8) is 0 Å². The Kier molecular flexibility index (Phi) is 3.91. The van der Waals surface area contributed by atoms with Crippen molar-refractivity contribution < 1.29 is 14.3 Å². The first-order valence-corrected chi connectivity index (χ1v) is 9.64. The molecule has 5 rings (SSSR count). The Morgan fingerprint density at radius 1 is 0.931 bits per heavy atom. The van der Waals surface area contributed by atoms with Crippen LogP contribution < -0.4 is 9.64 Å². The summed E-state index contributed by atoms with van der Waals surface area (Å²) in [5, 5.41) is 0. The van der Waals surface area contributed by atoms with Gasteiger partial charge in [0.25, 0.3) is 5.91 Å². The maximum atomic E-state index is 13.7. The van der Waals surface area contributed by atoms with E-state index in [0.717, 1.165) is 5.56 Å². The van der Waals surface area contributed by atoms with Crippen molar-refractivity contribution in [1.29, 1.82) is 0 Å². The summed E-state index contributed by atoms with van der Waals surface area (Å²) in [7, 11) is 0. The van der Waals surface area contributed by atoms with Gasteiger partial charge in [0.2, 0.25) is 0 Å². The van der Waals surface area contributed by atoms with E-state index in [4.69, 9.17) is 4.74 Å². The van der Waals surface area contributed by atoms with Crippen LogP contribution in [-0.2, 0) is 0 Å². The van der Waals surface area contributed by atoms with Crippen LogP contribution in [0.25, 0.3) is 0 Å². The largest absolute Gasteiger partial charge is 0.467 e. The monoisotopic (exact) mass is 384 g/mol. The normalized spacial score (nSPS) is 22.7. The van der Waals surface area contributed by atoms with Crippen LogP contribution in [0.4, 0.5) is 10.5 Å². The third-order valence-corrected chi connectivity index (χ3v) is 5.62. The molecular formula is C24H20N2O3. The van der Waals surface area contributed by atoms with Crippen LogP contribution in [0, 0.1) is 0 Å². The lowest BCUT2D eigenvalue weighted by Crippen LogP contribution is -2.67. The van der Waals surface area contributed by atoms with Gasteiger partial charge in [0.15, 0.2) is 5.72 Å². The van der Waals surface area contributed by atoms with Gasteiger partial charge in [-0.3, -0.25) is 14.6 Å². The molecule has 2 unspecified atom stereocenters. The number of benzene rings is 3. The van der Waals surface area contributed by atoms with Crippen molar-refractivity contribution in [1.82, 2.24) is 4.90 Å². The average Bonchev–Trinajstić information content (AvgIpc) is 2.74. The standard InChI is InChI=1S/C24H20N2O3/c1-24-16-20(19-14-8-9-15-21(19)29-24)25(22(27)17-10-4-2-5-11-17)23(28)26(24)18-12-6-3-7-13-18/h2-15,20H,16H2,1H3. The van der Waals surface area contributed by atoms with Crippen LogP contribution in [0.3, 0.4) is 0 Å². The lowest BCUT2D eigenvalue weighted by Gasteiger charge is -2.53. The number of fused-ring (bicyclic) bond motifs is 4. The molecule has 2 atom stereocenters. The molecule has 2 bridgehead atoms. The van der Waals surface area contributed by atoms with Crippen molar-refractivity contribution in [3.8, 4) is 5.75 Å². The molecule has 1 fully saturated rings. The van der Waals surface area contributed by atoms with E-state index in [2.05, 4.69) is 0 Å². The Labute approximate surface area is 169 Å². The van der Waals surface area contributed by atoms with E-state index in [1.807, 2.05) is 67.6 Å². The topological polar surface area (TPSA) is 49.9 Å². The summed E-state index contributed by atoms with van der Waals surface area (Å²) in [5.74, 6) is 0.394. The Balaban J connectivity index is 1.68. The van der Waals surface area contributed by atoms with Crippen molar-refractivity contribution in [2.45, 2.75) is 25.1 Å². The lowest BCUT2D eigenvalue weighted by molar-refractivity contribution is 0.00268. The second-order valence-corrected chi connectivity index (χ2v) is 7.53. The van der Waals surface area contributed by atoms with E-state index in [-0.39, 0.29) is 18.0 Å². The molecule has 144 valence electrons. The highest BCUT2D eigenvalue weighted by Crippen LogP contribution is 2.49. The molecule has 5 nitrogen and oxygen atoms in total. The van der Waals surface area contributed by atoms with Crippen LogP contribution in [0.5, 0.6) is 5.75 Å². The zero-order valence-corrected chi connectivity index (χ0v) is 16.0. The molecule has 0 saturated carbocycles. The first kappa shape index (κ1) is 17.5. The van der Waals surface area contributed by atoms with Crippen LogP contribution in [0.2, 0.25) is 0 Å². The molecular weight excluding hydrogens is 364 g/mol. The predicted octanol–water partition coefficient (Wildman–Crippen LogP) is 5.01. The Morgan fingerprint density at radius 3 is 2.28 bits per heavy atom. The SMILES string of the molecule is CC12CC(c3ccccc3O1)N(C(=O)c1ccccc1)C(=O)N2c1ccccc1. The lowest BCUT2D eigenvalue weighted by atomic mass is 9.88. The molecule has 3 amide bonds. The van der Waals surface area contributed by atoms with Crippen molar-refractivity contribution in [3.05, 3.63) is 96.1 Å². The fraction of sp³-hybridized carbons (Fsp3) is 0.167. The Hall–Kier alpha value is -3.60. The zero-order valence-electron chi connectivity index (χ0n) is 16.0. The summed E-state index contributed by atoms with van der Waals surface area (Å²) < 4.78 is 6.33. The number of hydrogen-bond acceptors (Lipinski definition) is 3. The summed E-state index contributed by atoms with van der Waals surface area (Å²) in [5.41, 5.74) is 1.16. The minimum atomic E-state index is -0.884. The minimum Gasteiger partial charge on any atom is -0.467 e. The van der Waals surface area contributed by atoms with E-state index in [0.29, 0.717) is 23.4 Å². The van der Waals surface area contributed by atoms with Crippen molar-refractivity contribution >= 4 is 17.6 Å². The molecule has 0 spiro atoms. The maximum absolute atomic E-state index is 13.7. The number of carbonyl (C=O) groups is 2. The van der Waals surface area contributed by atoms with Gasteiger partial charge in [-0.15, -0.1) is 0 Å². The second kappa shape index (κ2) is 6.48. The van der Waals surface area contributed by atoms with E-state index >= 15 is 0 Å². The fourth-order valence-electron chi connectivity index (χ4n) is 4.32. The van der Waals surface area contributed by atoms with Gasteiger partial charge in [-0.2, -0.15) is 0 Å². The van der Waals surface area contributed by atoms with Gasteiger partial charge in [-0.1, -0.05) is 54.6 Å². The number of imide groups is 1. The third-order valence-electron chi connectivity index (χ3n) is 5.62. The predicted molar refractivity (Wildman–Crippen MR) is 110 cm³/mol. The number of rotatable bonds is 2. The highest BCUT2D eigenvalue weighted by atomic mass is 16.5. The van der Waals surface area contributed by atoms with E-state index < -0.39 is 5.72 Å². The summed E-state index contributed by atoms with van der Waals surface area (Å²) in [6.07, 6.45) is 0.489. The van der Waals surface area contributed by atoms with E-state index in [9.17, 15) is 9.59 Å². The molecule has 0 aromatic heterocycles. The van der Waals surface area contributed by atoms with E-state index in [1.165, 1.54) is 4.90 Å². The van der Waals surface area contributed by atoms with Crippen LogP contribution in [0.15, 0.2) is 84.9 Å². The van der Waals surface area contributed by atoms with Gasteiger partial charge in [0, 0.05) is 23.2 Å². The fourth-order valence-corrected chi connectivity index (χ4v) is 4.32. The molecule has 0 radical (unpaired) electrons. The van der Waals surface area contributed by atoms with Gasteiger partial charge in [-0.05, 0) is 37.3 Å². The first-order valence-electron chi connectivity index (χ1n) is 9.64. The molecule has 2 heterocycles. The van der Waals surface area contributed by atoms with Crippen LogP contribution >= 0.6 is 0 Å². The number of para-hydroxylation sites is 2. The number of hydrogen-bond donors (Lipinski definition) is 0. The molecule has 2 aliphatic heterocycles. The molecule has 2 aliphatic rings. The third kappa shape index (κ3) is 2.70. The Morgan fingerprint density at radius 2 is 1.55 bits per heavy atom. The molecule has 0 N–H and O–H groups in total. The molecule has 1 saturated heterocycles. The Bertz CT molecular complexity index is 1080. The van der Waals surface area contributed by atoms with Crippen molar-refractivity contribution in [2.75, 3.05) is 4.90 Å². The smallest absolute Gasteiger partial charge is 0.335 e. The minimum absolute atomic E-state index is 0.305. The van der Waals surface area contributed by atoms with Crippen LogP contribution in [-0.4, -0.2) is 22.6 Å². The summed E-state index contributed by atoms with van der Waals surface area (Å²) in [6.45, 7) is 1.91. The van der Waals surface area contributed by atoms with Gasteiger partial charge >= 0.3 is 6.03 Å². The molecule has 3 aromatic rings. The molecule has 29 heavy (non-hydrogen) atoms. The number of amides is 3. The van der Waals surface area contributed by atoms with Gasteiger partial charge < -0.3 is 4.74 Å². The maximum Gasteiger partial charge on any atom is 0.335 e. The summed E-state index contributed by atoms with van der Waals surface area (Å²) in [6, 6.07) is 25.2. The van der Waals surface area contributed by atoms with Gasteiger partial charge in [0.05, 0.1) is 6.04 Å². The molecule has 0 aliphatic carbocycles. The van der Waals surface area contributed by atoms with E-state index in [1.54, 1.807) is 29.2 Å². The average molecular weight is 384 g/mol. The zero-order chi connectivity index (χ0) is 20.0. The number of urea groups is 1.